The van der Waals surface area contributed by atoms with Gasteiger partial charge in [-0.3, -0.25) is 0 Å². The Balaban J connectivity index is 2.27. The molecular formula is C12H16N4. The van der Waals surface area contributed by atoms with Gasteiger partial charge in [-0.05, 0) is 18.1 Å². The second kappa shape index (κ2) is 4.37. The second-order valence-electron chi connectivity index (χ2n) is 3.84. The van der Waals surface area contributed by atoms with Crippen LogP contribution in [0.5, 0.6) is 0 Å². The summed E-state index contributed by atoms with van der Waals surface area (Å²) in [6.07, 6.45) is 1.73. The Hall–Kier alpha value is -1.81. The summed E-state index contributed by atoms with van der Waals surface area (Å²) >= 11 is 0. The Morgan fingerprint density at radius 3 is 2.62 bits per heavy atom. The zero-order valence-electron chi connectivity index (χ0n) is 9.35. The number of hydrogen-bond donors (Lipinski definition) is 2. The average molecular weight is 216 g/mol. The Bertz CT molecular complexity index is 488. The van der Waals surface area contributed by atoms with Crippen LogP contribution in [0.15, 0.2) is 30.5 Å². The zero-order chi connectivity index (χ0) is 11.5. The first kappa shape index (κ1) is 10.7. The number of nitrogen functional groups attached to an aromatic ring is 1. The van der Waals surface area contributed by atoms with E-state index in [1.807, 2.05) is 12.1 Å². The molecule has 4 heteroatoms. The van der Waals surface area contributed by atoms with E-state index in [2.05, 4.69) is 24.2 Å². The molecule has 2 rings (SSSR count). The zero-order valence-corrected chi connectivity index (χ0v) is 9.35. The van der Waals surface area contributed by atoms with Crippen LogP contribution in [0.1, 0.15) is 16.7 Å². The van der Waals surface area contributed by atoms with E-state index < -0.39 is 0 Å². The molecule has 0 saturated heterocycles. The van der Waals surface area contributed by atoms with Crippen LogP contribution >= 0.6 is 0 Å². The fourth-order valence-corrected chi connectivity index (χ4v) is 1.67. The summed E-state index contributed by atoms with van der Waals surface area (Å²) in [5.41, 5.74) is 14.8. The lowest BCUT2D eigenvalue weighted by molar-refractivity contribution is 0.694. The first-order valence-electron chi connectivity index (χ1n) is 5.27. The molecule has 0 atom stereocenters. The third kappa shape index (κ3) is 1.92. The fraction of sp³-hybridized carbons (Fsp3) is 0.250. The van der Waals surface area contributed by atoms with E-state index in [9.17, 15) is 0 Å². The highest BCUT2D eigenvalue weighted by Gasteiger charge is 2.06. The Morgan fingerprint density at radius 1 is 1.25 bits per heavy atom. The lowest BCUT2D eigenvalue weighted by atomic mass is 10.1. The van der Waals surface area contributed by atoms with Crippen LogP contribution in [0.25, 0.3) is 0 Å². The highest BCUT2D eigenvalue weighted by molar-refractivity contribution is 5.39. The summed E-state index contributed by atoms with van der Waals surface area (Å²) in [5.74, 6) is 0.658. The molecule has 2 aromatic rings. The Morgan fingerprint density at radius 2 is 2.00 bits per heavy atom. The quantitative estimate of drug-likeness (QED) is 0.812. The van der Waals surface area contributed by atoms with Gasteiger partial charge in [0.15, 0.2) is 0 Å². The third-order valence-electron chi connectivity index (χ3n) is 2.76. The van der Waals surface area contributed by atoms with E-state index in [-0.39, 0.29) is 0 Å². The maximum absolute atomic E-state index is 5.93. The normalized spacial score (nSPS) is 10.6. The Labute approximate surface area is 94.9 Å². The summed E-state index contributed by atoms with van der Waals surface area (Å²) in [5, 5.41) is 4.23. The number of nitrogens with two attached hydrogens (primary N) is 2. The predicted octanol–water partition coefficient (Wildman–Crippen LogP) is 1.28. The number of aromatic nitrogens is 2. The van der Waals surface area contributed by atoms with Crippen molar-refractivity contribution in [2.75, 3.05) is 5.73 Å². The summed E-state index contributed by atoms with van der Waals surface area (Å²) in [6.45, 7) is 3.21. The van der Waals surface area contributed by atoms with Crippen LogP contribution in [0.2, 0.25) is 0 Å². The topological polar surface area (TPSA) is 69.9 Å². The molecule has 0 fully saturated rings. The first-order valence-corrected chi connectivity index (χ1v) is 5.27. The van der Waals surface area contributed by atoms with Crippen molar-refractivity contribution in [2.24, 2.45) is 5.73 Å². The number of benzene rings is 1. The molecule has 0 radical (unpaired) electrons. The van der Waals surface area contributed by atoms with E-state index in [0.717, 1.165) is 5.56 Å². The molecule has 0 aliphatic heterocycles. The minimum absolute atomic E-state index is 0.430. The average Bonchev–Trinajstić information content (AvgIpc) is 2.63. The Kier molecular flexibility index (Phi) is 2.92. The van der Waals surface area contributed by atoms with E-state index in [1.54, 1.807) is 10.9 Å². The molecule has 84 valence electrons. The predicted molar refractivity (Wildman–Crippen MR) is 64.8 cm³/mol. The molecule has 0 aliphatic carbocycles. The van der Waals surface area contributed by atoms with Crippen LogP contribution in [-0.4, -0.2) is 9.78 Å². The lowest BCUT2D eigenvalue weighted by Gasteiger charge is -2.07. The molecule has 1 aromatic heterocycles. The van der Waals surface area contributed by atoms with Crippen LogP contribution in [0, 0.1) is 6.92 Å². The summed E-state index contributed by atoms with van der Waals surface area (Å²) < 4.78 is 1.78. The van der Waals surface area contributed by atoms with Crippen molar-refractivity contribution in [3.63, 3.8) is 0 Å². The lowest BCUT2D eigenvalue weighted by Crippen LogP contribution is -2.08. The van der Waals surface area contributed by atoms with Gasteiger partial charge >= 0.3 is 0 Å². The van der Waals surface area contributed by atoms with Crippen LogP contribution in [0.3, 0.4) is 0 Å². The molecule has 0 spiro atoms. The molecule has 1 heterocycles. The van der Waals surface area contributed by atoms with Gasteiger partial charge in [0.05, 0.1) is 12.7 Å². The fourth-order valence-electron chi connectivity index (χ4n) is 1.67. The van der Waals surface area contributed by atoms with Crippen molar-refractivity contribution in [3.8, 4) is 0 Å². The highest BCUT2D eigenvalue weighted by atomic mass is 15.3. The van der Waals surface area contributed by atoms with E-state index in [1.165, 1.54) is 11.1 Å². The maximum Gasteiger partial charge on any atom is 0.126 e. The molecule has 4 N–H and O–H groups in total. The maximum atomic E-state index is 5.93. The van der Waals surface area contributed by atoms with Crippen molar-refractivity contribution in [3.05, 3.63) is 47.2 Å². The van der Waals surface area contributed by atoms with E-state index >= 15 is 0 Å². The number of rotatable bonds is 3. The number of nitrogens with zero attached hydrogens (tertiary/aromatic N) is 2. The highest BCUT2D eigenvalue weighted by Crippen LogP contribution is 2.14. The van der Waals surface area contributed by atoms with Gasteiger partial charge in [-0.1, -0.05) is 24.3 Å². The van der Waals surface area contributed by atoms with Crippen molar-refractivity contribution in [1.29, 1.82) is 0 Å². The molecule has 4 nitrogen and oxygen atoms in total. The van der Waals surface area contributed by atoms with Gasteiger partial charge in [0.2, 0.25) is 0 Å². The molecule has 16 heavy (non-hydrogen) atoms. The van der Waals surface area contributed by atoms with Gasteiger partial charge in [-0.15, -0.1) is 0 Å². The van der Waals surface area contributed by atoms with Gasteiger partial charge in [-0.25, -0.2) is 4.68 Å². The smallest absolute Gasteiger partial charge is 0.126 e. The molecule has 0 saturated carbocycles. The van der Waals surface area contributed by atoms with Gasteiger partial charge in [-0.2, -0.15) is 5.10 Å². The van der Waals surface area contributed by atoms with Crippen molar-refractivity contribution < 1.29 is 0 Å². The molecule has 0 aliphatic rings. The third-order valence-corrected chi connectivity index (χ3v) is 2.76. The summed E-state index contributed by atoms with van der Waals surface area (Å²) in [4.78, 5) is 0. The number of hydrogen-bond acceptors (Lipinski definition) is 3. The monoisotopic (exact) mass is 216 g/mol. The standard InChI is InChI=1S/C12H16N4/c1-9-4-2-3-5-10(9)8-16-12(14)11(6-13)7-15-16/h2-5,7H,6,8,13-14H2,1H3. The summed E-state index contributed by atoms with van der Waals surface area (Å²) in [7, 11) is 0. The van der Waals surface area contributed by atoms with Gasteiger partial charge in [0.1, 0.15) is 5.82 Å². The van der Waals surface area contributed by atoms with Crippen LogP contribution < -0.4 is 11.5 Å². The molecule has 1 aromatic carbocycles. The number of anilines is 1. The second-order valence-corrected chi connectivity index (χ2v) is 3.84. The molecule has 0 amide bonds. The van der Waals surface area contributed by atoms with Crippen molar-refractivity contribution in [1.82, 2.24) is 9.78 Å². The molecule has 0 bridgehead atoms. The minimum Gasteiger partial charge on any atom is -0.384 e. The molecular weight excluding hydrogens is 200 g/mol. The largest absolute Gasteiger partial charge is 0.384 e. The van der Waals surface area contributed by atoms with E-state index in [0.29, 0.717) is 18.9 Å². The number of aryl methyl sites for hydroxylation is 1. The minimum atomic E-state index is 0.430. The van der Waals surface area contributed by atoms with Gasteiger partial charge in [0, 0.05) is 12.1 Å². The van der Waals surface area contributed by atoms with Crippen molar-refractivity contribution >= 4 is 5.82 Å². The summed E-state index contributed by atoms with van der Waals surface area (Å²) in [6, 6.07) is 8.21. The van der Waals surface area contributed by atoms with Crippen LogP contribution in [0.4, 0.5) is 5.82 Å². The van der Waals surface area contributed by atoms with Crippen molar-refractivity contribution in [2.45, 2.75) is 20.0 Å². The van der Waals surface area contributed by atoms with Crippen LogP contribution in [-0.2, 0) is 13.1 Å². The molecule has 0 unspecified atom stereocenters. The first-order chi connectivity index (χ1) is 7.72. The van der Waals surface area contributed by atoms with Gasteiger partial charge < -0.3 is 11.5 Å². The van der Waals surface area contributed by atoms with E-state index in [4.69, 9.17) is 11.5 Å². The SMILES string of the molecule is Cc1ccccc1Cn1ncc(CN)c1N. The van der Waals surface area contributed by atoms with Gasteiger partial charge in [0.25, 0.3) is 0 Å².